The highest BCUT2D eigenvalue weighted by Crippen LogP contribution is 2.32. The van der Waals surface area contributed by atoms with E-state index in [1.165, 1.54) is 24.3 Å². The predicted octanol–water partition coefficient (Wildman–Crippen LogP) is 5.00. The Hall–Kier alpha value is -4.46. The fraction of sp³-hybridized carbons (Fsp3) is 0.185. The molecule has 0 radical (unpaired) electrons. The molecular weight excluding hydrogens is 446 g/mol. The minimum Gasteiger partial charge on any atom is -0.497 e. The molecule has 1 aliphatic heterocycles. The predicted molar refractivity (Wildman–Crippen MR) is 134 cm³/mol. The number of non-ortho nitro benzene ring substituents is 1. The average Bonchev–Trinajstić information content (AvgIpc) is 2.83. The number of nitrogens with zero attached hydrogens (tertiary/aromatic N) is 1. The monoisotopic (exact) mass is 471 g/mol. The number of nitro groups is 1. The SMILES string of the molecule is COc1ccc2c(c1)C(=CC(=O)c1ccc(NC(=O)c3cccc([N+](=O)[O-])c3)cc1)NC(C)(C)C2. The van der Waals surface area contributed by atoms with Crippen LogP contribution in [0.25, 0.3) is 5.70 Å². The summed E-state index contributed by atoms with van der Waals surface area (Å²) in [5, 5.41) is 17.1. The minimum absolute atomic E-state index is 0.162. The third kappa shape index (κ3) is 5.38. The summed E-state index contributed by atoms with van der Waals surface area (Å²) in [6, 6.07) is 17.8. The number of nitro benzene ring substituents is 1. The number of hydrogen-bond donors (Lipinski definition) is 2. The third-order valence-corrected chi connectivity index (χ3v) is 5.73. The van der Waals surface area contributed by atoms with E-state index in [0.717, 1.165) is 23.2 Å². The third-order valence-electron chi connectivity index (χ3n) is 5.73. The van der Waals surface area contributed by atoms with Gasteiger partial charge in [-0.15, -0.1) is 0 Å². The molecule has 0 unspecified atom stereocenters. The van der Waals surface area contributed by atoms with Crippen molar-refractivity contribution in [3.8, 4) is 5.75 Å². The standard InChI is InChI=1S/C27H25N3O5/c1-27(2)16-19-9-12-22(35-3)14-23(19)24(29-27)15-25(31)17-7-10-20(11-8-17)28-26(32)18-5-4-6-21(13-18)30(33)34/h4-15,29H,16H2,1-3H3,(H,28,32). The summed E-state index contributed by atoms with van der Waals surface area (Å²) >= 11 is 0. The number of ketones is 1. The summed E-state index contributed by atoms with van der Waals surface area (Å²) in [5.41, 5.74) is 3.51. The molecule has 1 heterocycles. The quantitative estimate of drug-likeness (QED) is 0.226. The van der Waals surface area contributed by atoms with Crippen molar-refractivity contribution in [2.75, 3.05) is 12.4 Å². The lowest BCUT2D eigenvalue weighted by molar-refractivity contribution is -0.384. The first-order valence-corrected chi connectivity index (χ1v) is 11.0. The van der Waals surface area contributed by atoms with Crippen molar-refractivity contribution >= 4 is 28.8 Å². The van der Waals surface area contributed by atoms with Crippen LogP contribution in [0.3, 0.4) is 0 Å². The molecule has 0 bridgehead atoms. The Morgan fingerprint density at radius 1 is 1.06 bits per heavy atom. The maximum atomic E-state index is 13.0. The number of fused-ring (bicyclic) bond motifs is 1. The fourth-order valence-corrected chi connectivity index (χ4v) is 4.05. The zero-order valence-electron chi connectivity index (χ0n) is 19.6. The van der Waals surface area contributed by atoms with E-state index in [2.05, 4.69) is 24.5 Å². The van der Waals surface area contributed by atoms with E-state index in [0.29, 0.717) is 17.0 Å². The van der Waals surface area contributed by atoms with Gasteiger partial charge in [-0.2, -0.15) is 0 Å². The molecule has 0 atom stereocenters. The molecule has 35 heavy (non-hydrogen) atoms. The van der Waals surface area contributed by atoms with Crippen molar-refractivity contribution in [1.82, 2.24) is 5.32 Å². The second-order valence-corrected chi connectivity index (χ2v) is 8.97. The topological polar surface area (TPSA) is 111 Å². The van der Waals surface area contributed by atoms with Gasteiger partial charge in [0.1, 0.15) is 5.75 Å². The summed E-state index contributed by atoms with van der Waals surface area (Å²) in [6.45, 7) is 4.16. The van der Waals surface area contributed by atoms with Crippen LogP contribution in [0.15, 0.2) is 72.8 Å². The van der Waals surface area contributed by atoms with Crippen molar-refractivity contribution in [2.45, 2.75) is 25.8 Å². The van der Waals surface area contributed by atoms with Gasteiger partial charge in [0.15, 0.2) is 5.78 Å². The first-order valence-electron chi connectivity index (χ1n) is 11.0. The van der Waals surface area contributed by atoms with Gasteiger partial charge in [0.25, 0.3) is 11.6 Å². The number of carbonyl (C=O) groups excluding carboxylic acids is 2. The summed E-state index contributed by atoms with van der Waals surface area (Å²) in [6.07, 6.45) is 2.40. The van der Waals surface area contributed by atoms with E-state index in [9.17, 15) is 19.7 Å². The number of hydrogen-bond acceptors (Lipinski definition) is 6. The molecule has 0 aliphatic carbocycles. The summed E-state index contributed by atoms with van der Waals surface area (Å²) in [4.78, 5) is 35.9. The number of amides is 1. The highest BCUT2D eigenvalue weighted by molar-refractivity contribution is 6.09. The molecule has 1 amide bonds. The Morgan fingerprint density at radius 3 is 2.49 bits per heavy atom. The van der Waals surface area contributed by atoms with Crippen LogP contribution < -0.4 is 15.4 Å². The van der Waals surface area contributed by atoms with E-state index in [1.54, 1.807) is 37.5 Å². The van der Waals surface area contributed by atoms with E-state index in [1.807, 2.05) is 18.2 Å². The molecular formula is C27H25N3O5. The van der Waals surface area contributed by atoms with Crippen molar-refractivity contribution in [1.29, 1.82) is 0 Å². The fourth-order valence-electron chi connectivity index (χ4n) is 4.05. The number of allylic oxidation sites excluding steroid dienone is 1. The lowest BCUT2D eigenvalue weighted by Crippen LogP contribution is -2.43. The number of benzene rings is 3. The zero-order valence-corrected chi connectivity index (χ0v) is 19.6. The minimum atomic E-state index is -0.553. The molecule has 178 valence electrons. The van der Waals surface area contributed by atoms with Crippen LogP contribution >= 0.6 is 0 Å². The first kappa shape index (κ1) is 23.7. The smallest absolute Gasteiger partial charge is 0.270 e. The molecule has 0 spiro atoms. The molecule has 3 aromatic rings. The van der Waals surface area contributed by atoms with Gasteiger partial charge in [0.05, 0.1) is 12.0 Å². The lowest BCUT2D eigenvalue weighted by Gasteiger charge is -2.35. The molecule has 0 aromatic heterocycles. The van der Waals surface area contributed by atoms with E-state index in [4.69, 9.17) is 4.74 Å². The Balaban J connectivity index is 1.53. The Morgan fingerprint density at radius 2 is 1.80 bits per heavy atom. The number of methoxy groups -OCH3 is 1. The van der Waals surface area contributed by atoms with Gasteiger partial charge in [-0.25, -0.2) is 0 Å². The molecule has 3 aromatic carbocycles. The van der Waals surface area contributed by atoms with Crippen molar-refractivity contribution in [3.63, 3.8) is 0 Å². The second-order valence-electron chi connectivity index (χ2n) is 8.97. The van der Waals surface area contributed by atoms with Gasteiger partial charge in [0.2, 0.25) is 0 Å². The average molecular weight is 472 g/mol. The number of carbonyl (C=O) groups is 2. The highest BCUT2D eigenvalue weighted by Gasteiger charge is 2.28. The number of ether oxygens (including phenoxy) is 1. The van der Waals surface area contributed by atoms with Gasteiger partial charge < -0.3 is 15.4 Å². The molecule has 1 aliphatic rings. The molecule has 4 rings (SSSR count). The van der Waals surface area contributed by atoms with Crippen molar-refractivity contribution in [2.24, 2.45) is 0 Å². The van der Waals surface area contributed by atoms with Crippen LogP contribution in [0.2, 0.25) is 0 Å². The van der Waals surface area contributed by atoms with Crippen molar-refractivity contribution < 1.29 is 19.2 Å². The summed E-state index contributed by atoms with van der Waals surface area (Å²) in [7, 11) is 1.61. The largest absolute Gasteiger partial charge is 0.497 e. The zero-order chi connectivity index (χ0) is 25.2. The maximum absolute atomic E-state index is 13.0. The second kappa shape index (κ2) is 9.42. The van der Waals surface area contributed by atoms with Crippen LogP contribution in [0.1, 0.15) is 45.7 Å². The summed E-state index contributed by atoms with van der Waals surface area (Å²) in [5.74, 6) is 0.0528. The van der Waals surface area contributed by atoms with Gasteiger partial charge >= 0.3 is 0 Å². The van der Waals surface area contributed by atoms with Crippen LogP contribution in [0, 0.1) is 10.1 Å². The molecule has 2 N–H and O–H groups in total. The molecule has 0 saturated heterocycles. The van der Waals surface area contributed by atoms with E-state index >= 15 is 0 Å². The van der Waals surface area contributed by atoms with Gasteiger partial charge in [-0.1, -0.05) is 12.1 Å². The van der Waals surface area contributed by atoms with Crippen molar-refractivity contribution in [3.05, 3.63) is 105 Å². The van der Waals surface area contributed by atoms with E-state index in [-0.39, 0.29) is 22.6 Å². The first-order chi connectivity index (χ1) is 16.6. The number of anilines is 1. The van der Waals surface area contributed by atoms with Crippen LogP contribution in [-0.4, -0.2) is 29.3 Å². The van der Waals surface area contributed by atoms with Crippen LogP contribution in [0.5, 0.6) is 5.75 Å². The Labute approximate surface area is 202 Å². The lowest BCUT2D eigenvalue weighted by atomic mass is 9.85. The Bertz CT molecular complexity index is 1340. The molecule has 8 nitrogen and oxygen atoms in total. The van der Waals surface area contributed by atoms with Gasteiger partial charge in [-0.05, 0) is 68.3 Å². The van der Waals surface area contributed by atoms with Crippen LogP contribution in [-0.2, 0) is 6.42 Å². The number of nitrogens with one attached hydrogen (secondary N) is 2. The van der Waals surface area contributed by atoms with E-state index < -0.39 is 10.8 Å². The maximum Gasteiger partial charge on any atom is 0.270 e. The highest BCUT2D eigenvalue weighted by atomic mass is 16.6. The normalized spacial score (nSPS) is 15.0. The number of rotatable bonds is 6. The van der Waals surface area contributed by atoms with Gasteiger partial charge in [0, 0.05) is 51.8 Å². The van der Waals surface area contributed by atoms with Gasteiger partial charge in [-0.3, -0.25) is 19.7 Å². The van der Waals surface area contributed by atoms with Crippen LogP contribution in [0.4, 0.5) is 11.4 Å². The molecule has 0 saturated carbocycles. The molecule has 8 heteroatoms. The molecule has 0 fully saturated rings. The Kier molecular flexibility index (Phi) is 6.38. The summed E-state index contributed by atoms with van der Waals surface area (Å²) < 4.78 is 5.36.